The molecule has 0 atom stereocenters. The first-order chi connectivity index (χ1) is 12.0. The Morgan fingerprint density at radius 2 is 1.68 bits per heavy atom. The summed E-state index contributed by atoms with van der Waals surface area (Å²) < 4.78 is 1.03. The van der Waals surface area contributed by atoms with Crippen LogP contribution in [0.4, 0.5) is 5.69 Å². The minimum Gasteiger partial charge on any atom is -0.352 e. The fourth-order valence-corrected chi connectivity index (χ4v) is 3.18. The normalized spacial score (nSPS) is 18.8. The highest BCUT2D eigenvalue weighted by atomic mass is 79.9. The predicted octanol–water partition coefficient (Wildman–Crippen LogP) is 1.59. The van der Waals surface area contributed by atoms with E-state index in [0.29, 0.717) is 19.1 Å². The van der Waals surface area contributed by atoms with Crippen molar-refractivity contribution >= 4 is 33.4 Å². The molecule has 1 saturated carbocycles. The highest BCUT2D eigenvalue weighted by molar-refractivity contribution is 9.10. The van der Waals surface area contributed by atoms with Crippen LogP contribution in [0.25, 0.3) is 0 Å². The van der Waals surface area contributed by atoms with E-state index in [1.165, 1.54) is 0 Å². The minimum absolute atomic E-state index is 0.00153. The molecule has 1 saturated heterocycles. The summed E-state index contributed by atoms with van der Waals surface area (Å²) in [5.74, 6) is 0.126. The molecule has 1 heterocycles. The van der Waals surface area contributed by atoms with E-state index in [4.69, 9.17) is 0 Å². The summed E-state index contributed by atoms with van der Waals surface area (Å²) in [7, 11) is 0. The minimum atomic E-state index is 0.00153. The molecule has 2 amide bonds. The Labute approximate surface area is 157 Å². The van der Waals surface area contributed by atoms with E-state index in [-0.39, 0.29) is 11.8 Å². The van der Waals surface area contributed by atoms with Gasteiger partial charge in [-0.2, -0.15) is 0 Å². The maximum atomic E-state index is 12.2. The third kappa shape index (κ3) is 5.80. The smallest absolute Gasteiger partial charge is 0.238 e. The fourth-order valence-electron chi connectivity index (χ4n) is 2.94. The van der Waals surface area contributed by atoms with Gasteiger partial charge in [0.05, 0.1) is 13.1 Å². The monoisotopic (exact) mass is 408 g/mol. The van der Waals surface area contributed by atoms with Crippen LogP contribution in [0.15, 0.2) is 22.7 Å². The van der Waals surface area contributed by atoms with Crippen molar-refractivity contribution in [2.75, 3.05) is 44.6 Å². The molecule has 136 valence electrons. The lowest BCUT2D eigenvalue weighted by molar-refractivity contribution is -0.123. The van der Waals surface area contributed by atoms with Crippen LogP contribution < -0.4 is 10.6 Å². The van der Waals surface area contributed by atoms with E-state index >= 15 is 0 Å². The van der Waals surface area contributed by atoms with Gasteiger partial charge >= 0.3 is 0 Å². The van der Waals surface area contributed by atoms with Crippen LogP contribution in [-0.2, 0) is 9.59 Å². The van der Waals surface area contributed by atoms with Crippen LogP contribution in [0.2, 0.25) is 0 Å². The summed E-state index contributed by atoms with van der Waals surface area (Å²) >= 11 is 3.46. The number of amides is 2. The molecule has 0 aromatic heterocycles. The number of piperazine rings is 1. The summed E-state index contributed by atoms with van der Waals surface area (Å²) in [5, 5.41) is 5.97. The summed E-state index contributed by atoms with van der Waals surface area (Å²) in [6.07, 6.45) is 2.24. The van der Waals surface area contributed by atoms with Crippen LogP contribution in [-0.4, -0.2) is 66.9 Å². The molecular weight excluding hydrogens is 384 g/mol. The zero-order chi connectivity index (χ0) is 17.8. The van der Waals surface area contributed by atoms with Gasteiger partial charge in [0.15, 0.2) is 0 Å². The van der Waals surface area contributed by atoms with Gasteiger partial charge in [-0.05, 0) is 43.5 Å². The summed E-state index contributed by atoms with van der Waals surface area (Å²) in [6, 6.07) is 6.21. The van der Waals surface area contributed by atoms with Gasteiger partial charge in [-0.25, -0.2) is 0 Å². The van der Waals surface area contributed by atoms with E-state index < -0.39 is 0 Å². The third-order valence-corrected chi connectivity index (χ3v) is 5.47. The number of halogens is 1. The number of benzene rings is 1. The predicted molar refractivity (Wildman–Crippen MR) is 102 cm³/mol. The van der Waals surface area contributed by atoms with Crippen molar-refractivity contribution < 1.29 is 9.59 Å². The first-order valence-electron chi connectivity index (χ1n) is 8.79. The second-order valence-corrected chi connectivity index (χ2v) is 7.76. The lowest BCUT2D eigenvalue weighted by atomic mass is 10.2. The first kappa shape index (κ1) is 18.4. The molecule has 2 aliphatic rings. The van der Waals surface area contributed by atoms with Crippen molar-refractivity contribution in [1.82, 2.24) is 15.1 Å². The average Bonchev–Trinajstić information content (AvgIpc) is 3.36. The number of hydrogen-bond acceptors (Lipinski definition) is 4. The van der Waals surface area contributed by atoms with Gasteiger partial charge in [0, 0.05) is 42.4 Å². The molecule has 2 N–H and O–H groups in total. The lowest BCUT2D eigenvalue weighted by Crippen LogP contribution is -2.51. The quantitative estimate of drug-likeness (QED) is 0.749. The maximum Gasteiger partial charge on any atom is 0.238 e. The molecule has 0 bridgehead atoms. The zero-order valence-electron chi connectivity index (χ0n) is 14.6. The van der Waals surface area contributed by atoms with E-state index in [9.17, 15) is 9.59 Å². The van der Waals surface area contributed by atoms with Crippen LogP contribution in [0, 0.1) is 6.92 Å². The van der Waals surface area contributed by atoms with Crippen LogP contribution in [0.1, 0.15) is 18.4 Å². The van der Waals surface area contributed by atoms with Gasteiger partial charge in [-0.15, -0.1) is 0 Å². The molecule has 2 fully saturated rings. The Hall–Kier alpha value is -1.44. The lowest BCUT2D eigenvalue weighted by Gasteiger charge is -2.33. The van der Waals surface area contributed by atoms with Crippen molar-refractivity contribution in [3.8, 4) is 0 Å². The van der Waals surface area contributed by atoms with Gasteiger partial charge in [0.2, 0.25) is 11.8 Å². The van der Waals surface area contributed by atoms with Crippen molar-refractivity contribution in [3.05, 3.63) is 28.2 Å². The highest BCUT2D eigenvalue weighted by Gasteiger charge is 2.25. The van der Waals surface area contributed by atoms with Crippen LogP contribution in [0.3, 0.4) is 0 Å². The van der Waals surface area contributed by atoms with Gasteiger partial charge in [-0.1, -0.05) is 15.9 Å². The average molecular weight is 409 g/mol. The summed E-state index contributed by atoms with van der Waals surface area (Å²) in [6.45, 7) is 6.11. The fraction of sp³-hybridized carbons (Fsp3) is 0.556. The molecule has 1 aliphatic heterocycles. The van der Waals surface area contributed by atoms with E-state index in [0.717, 1.165) is 54.7 Å². The van der Waals surface area contributed by atoms with E-state index in [1.807, 2.05) is 25.1 Å². The van der Waals surface area contributed by atoms with Crippen molar-refractivity contribution in [3.63, 3.8) is 0 Å². The molecular formula is C18H25BrN4O2. The Morgan fingerprint density at radius 3 is 2.24 bits per heavy atom. The largest absolute Gasteiger partial charge is 0.352 e. The standard InChI is InChI=1S/C18H25BrN4O2/c1-13-10-15(4-5-16(13)19)21-18(25)12-23-8-6-22(7-9-23)11-17(24)20-14-2-3-14/h4-5,10,14H,2-3,6-9,11-12H2,1H3,(H,20,24)(H,21,25). The third-order valence-electron chi connectivity index (χ3n) is 4.58. The number of aryl methyl sites for hydroxylation is 1. The van der Waals surface area contributed by atoms with E-state index in [2.05, 4.69) is 36.4 Å². The Bertz CT molecular complexity index is 640. The number of hydrogen-bond donors (Lipinski definition) is 2. The topological polar surface area (TPSA) is 64.7 Å². The van der Waals surface area contributed by atoms with Gasteiger partial charge < -0.3 is 10.6 Å². The molecule has 1 aromatic carbocycles. The molecule has 6 nitrogen and oxygen atoms in total. The second kappa shape index (κ2) is 8.29. The van der Waals surface area contributed by atoms with Crippen LogP contribution >= 0.6 is 15.9 Å². The Kier molecular flexibility index (Phi) is 6.09. The number of rotatable bonds is 6. The Morgan fingerprint density at radius 1 is 1.08 bits per heavy atom. The molecule has 0 radical (unpaired) electrons. The molecule has 25 heavy (non-hydrogen) atoms. The second-order valence-electron chi connectivity index (χ2n) is 6.91. The van der Waals surface area contributed by atoms with Crippen LogP contribution in [0.5, 0.6) is 0 Å². The van der Waals surface area contributed by atoms with Gasteiger partial charge in [-0.3, -0.25) is 19.4 Å². The number of anilines is 1. The molecule has 0 spiro atoms. The van der Waals surface area contributed by atoms with Crippen molar-refractivity contribution in [2.45, 2.75) is 25.8 Å². The molecule has 7 heteroatoms. The molecule has 1 aliphatic carbocycles. The van der Waals surface area contributed by atoms with Gasteiger partial charge in [0.25, 0.3) is 0 Å². The van der Waals surface area contributed by atoms with E-state index in [1.54, 1.807) is 0 Å². The maximum absolute atomic E-state index is 12.2. The molecule has 0 unspecified atom stereocenters. The molecule has 1 aromatic rings. The first-order valence-corrected chi connectivity index (χ1v) is 9.59. The zero-order valence-corrected chi connectivity index (χ0v) is 16.1. The van der Waals surface area contributed by atoms with Crippen molar-refractivity contribution in [2.24, 2.45) is 0 Å². The summed E-state index contributed by atoms with van der Waals surface area (Å²) in [4.78, 5) is 28.4. The Balaban J connectivity index is 1.38. The van der Waals surface area contributed by atoms with Gasteiger partial charge in [0.1, 0.15) is 0 Å². The highest BCUT2D eigenvalue weighted by Crippen LogP contribution is 2.20. The number of carbonyl (C=O) groups is 2. The number of nitrogens with zero attached hydrogens (tertiary/aromatic N) is 2. The SMILES string of the molecule is Cc1cc(NC(=O)CN2CCN(CC(=O)NC3CC3)CC2)ccc1Br. The number of carbonyl (C=O) groups excluding carboxylic acids is 2. The van der Waals surface area contributed by atoms with Crippen molar-refractivity contribution in [1.29, 1.82) is 0 Å². The number of nitrogens with one attached hydrogen (secondary N) is 2. The molecule has 3 rings (SSSR count). The summed E-state index contributed by atoms with van der Waals surface area (Å²) in [5.41, 5.74) is 1.91.